The molecule has 1 aromatic carbocycles. The first-order valence-electron chi connectivity index (χ1n) is 6.60. The average Bonchev–Trinajstić information content (AvgIpc) is 2.43. The highest BCUT2D eigenvalue weighted by Gasteiger charge is 2.09. The minimum Gasteiger partial charge on any atom is -0.496 e. The van der Waals surface area contributed by atoms with Crippen LogP contribution in [0.25, 0.3) is 0 Å². The summed E-state index contributed by atoms with van der Waals surface area (Å²) in [6, 6.07) is 3.83. The lowest BCUT2D eigenvalue weighted by atomic mass is 10.1. The molecule has 0 spiro atoms. The highest BCUT2D eigenvalue weighted by atomic mass is 16.5. The van der Waals surface area contributed by atoms with E-state index in [-0.39, 0.29) is 5.91 Å². The summed E-state index contributed by atoms with van der Waals surface area (Å²) in [7, 11) is 3.27. The van der Waals surface area contributed by atoms with E-state index in [2.05, 4.69) is 12.2 Å². The van der Waals surface area contributed by atoms with Gasteiger partial charge in [-0.1, -0.05) is 13.3 Å². The summed E-state index contributed by atoms with van der Waals surface area (Å²) in [6.07, 6.45) is 2.51. The van der Waals surface area contributed by atoms with Crippen molar-refractivity contribution in [2.75, 3.05) is 14.2 Å². The number of hydrogen-bond donors (Lipinski definition) is 1. The molecule has 0 aliphatic carbocycles. The maximum absolute atomic E-state index is 11.6. The highest BCUT2D eigenvalue weighted by Crippen LogP contribution is 2.28. The summed E-state index contributed by atoms with van der Waals surface area (Å²) in [5.74, 6) is 1.65. The molecular weight excluding hydrogens is 242 g/mol. The minimum absolute atomic E-state index is 0.0726. The van der Waals surface area contributed by atoms with Gasteiger partial charge in [0.15, 0.2) is 0 Å². The Labute approximate surface area is 115 Å². The van der Waals surface area contributed by atoms with E-state index in [0.717, 1.165) is 35.5 Å². The molecule has 1 N–H and O–H groups in total. The van der Waals surface area contributed by atoms with Crippen LogP contribution in [0.2, 0.25) is 0 Å². The van der Waals surface area contributed by atoms with Crippen molar-refractivity contribution < 1.29 is 14.3 Å². The molecule has 0 aliphatic rings. The van der Waals surface area contributed by atoms with Gasteiger partial charge in [0, 0.05) is 18.5 Å². The van der Waals surface area contributed by atoms with Gasteiger partial charge in [-0.2, -0.15) is 0 Å². The summed E-state index contributed by atoms with van der Waals surface area (Å²) in [5, 5.41) is 2.90. The van der Waals surface area contributed by atoms with E-state index >= 15 is 0 Å². The second kappa shape index (κ2) is 7.67. The Balaban J connectivity index is 2.73. The lowest BCUT2D eigenvalue weighted by Crippen LogP contribution is -2.22. The average molecular weight is 265 g/mol. The molecule has 19 heavy (non-hydrogen) atoms. The minimum atomic E-state index is 0.0726. The highest BCUT2D eigenvalue weighted by molar-refractivity contribution is 5.75. The molecular formula is C15H23NO3. The third-order valence-electron chi connectivity index (χ3n) is 3.03. The van der Waals surface area contributed by atoms with Crippen LogP contribution in [-0.2, 0) is 11.3 Å². The SMILES string of the molecule is CCCCC(=O)NCc1cc(OC)c(C)cc1OC. The van der Waals surface area contributed by atoms with E-state index < -0.39 is 0 Å². The molecule has 4 heteroatoms. The van der Waals surface area contributed by atoms with Crippen molar-refractivity contribution in [2.45, 2.75) is 39.7 Å². The zero-order chi connectivity index (χ0) is 14.3. The zero-order valence-corrected chi connectivity index (χ0v) is 12.2. The molecule has 0 bridgehead atoms. The van der Waals surface area contributed by atoms with Crippen molar-refractivity contribution in [2.24, 2.45) is 0 Å². The van der Waals surface area contributed by atoms with Crippen LogP contribution < -0.4 is 14.8 Å². The van der Waals surface area contributed by atoms with E-state index in [1.54, 1.807) is 14.2 Å². The van der Waals surface area contributed by atoms with Crippen LogP contribution in [0.4, 0.5) is 0 Å². The van der Waals surface area contributed by atoms with Crippen LogP contribution in [0.5, 0.6) is 11.5 Å². The molecule has 1 aromatic rings. The van der Waals surface area contributed by atoms with Gasteiger partial charge in [0.05, 0.1) is 14.2 Å². The van der Waals surface area contributed by atoms with Crippen LogP contribution in [0, 0.1) is 6.92 Å². The van der Waals surface area contributed by atoms with Gasteiger partial charge in [-0.05, 0) is 31.0 Å². The zero-order valence-electron chi connectivity index (χ0n) is 12.2. The summed E-state index contributed by atoms with van der Waals surface area (Å²) in [5.41, 5.74) is 1.94. The largest absolute Gasteiger partial charge is 0.496 e. The number of unbranched alkanes of at least 4 members (excludes halogenated alkanes) is 1. The van der Waals surface area contributed by atoms with Crippen molar-refractivity contribution in [3.8, 4) is 11.5 Å². The van der Waals surface area contributed by atoms with Gasteiger partial charge in [0.25, 0.3) is 0 Å². The maximum atomic E-state index is 11.6. The monoisotopic (exact) mass is 265 g/mol. The van der Waals surface area contributed by atoms with E-state index in [0.29, 0.717) is 13.0 Å². The van der Waals surface area contributed by atoms with E-state index in [4.69, 9.17) is 9.47 Å². The number of nitrogens with one attached hydrogen (secondary N) is 1. The van der Waals surface area contributed by atoms with Gasteiger partial charge in [-0.25, -0.2) is 0 Å². The van der Waals surface area contributed by atoms with Gasteiger partial charge >= 0.3 is 0 Å². The van der Waals surface area contributed by atoms with Crippen molar-refractivity contribution in [1.29, 1.82) is 0 Å². The van der Waals surface area contributed by atoms with Crippen molar-refractivity contribution in [3.05, 3.63) is 23.3 Å². The van der Waals surface area contributed by atoms with Crippen molar-refractivity contribution in [1.82, 2.24) is 5.32 Å². The summed E-state index contributed by atoms with van der Waals surface area (Å²) in [4.78, 5) is 11.6. The van der Waals surface area contributed by atoms with Gasteiger partial charge in [0.2, 0.25) is 5.91 Å². The fraction of sp³-hybridized carbons (Fsp3) is 0.533. The summed E-state index contributed by atoms with van der Waals surface area (Å²) >= 11 is 0. The molecule has 0 heterocycles. The van der Waals surface area contributed by atoms with Crippen LogP contribution in [0.3, 0.4) is 0 Å². The first-order valence-corrected chi connectivity index (χ1v) is 6.60. The number of rotatable bonds is 7. The molecule has 0 saturated heterocycles. The van der Waals surface area contributed by atoms with Crippen LogP contribution in [0.1, 0.15) is 37.3 Å². The van der Waals surface area contributed by atoms with E-state index in [1.165, 1.54) is 0 Å². The van der Waals surface area contributed by atoms with Crippen LogP contribution in [-0.4, -0.2) is 20.1 Å². The predicted molar refractivity (Wildman–Crippen MR) is 75.7 cm³/mol. The number of methoxy groups -OCH3 is 2. The lowest BCUT2D eigenvalue weighted by Gasteiger charge is -2.13. The number of aryl methyl sites for hydroxylation is 1. The molecule has 0 atom stereocenters. The number of carbonyl (C=O) groups is 1. The number of carbonyl (C=O) groups excluding carboxylic acids is 1. The molecule has 0 fully saturated rings. The second-order valence-corrected chi connectivity index (χ2v) is 4.51. The maximum Gasteiger partial charge on any atom is 0.220 e. The standard InChI is InChI=1S/C15H23NO3/c1-5-6-7-15(17)16-10-12-9-13(18-3)11(2)8-14(12)19-4/h8-9H,5-7,10H2,1-4H3,(H,16,17). The number of benzene rings is 1. The van der Waals surface area contributed by atoms with Gasteiger partial charge in [-0.15, -0.1) is 0 Å². The Bertz CT molecular complexity index is 430. The summed E-state index contributed by atoms with van der Waals surface area (Å²) < 4.78 is 10.6. The molecule has 1 amide bonds. The summed E-state index contributed by atoms with van der Waals surface area (Å²) in [6.45, 7) is 4.49. The first kappa shape index (κ1) is 15.3. The smallest absolute Gasteiger partial charge is 0.220 e. The second-order valence-electron chi connectivity index (χ2n) is 4.51. The predicted octanol–water partition coefficient (Wildman–Crippen LogP) is 2.82. The normalized spacial score (nSPS) is 10.1. The Hall–Kier alpha value is -1.71. The van der Waals surface area contributed by atoms with Crippen LogP contribution in [0.15, 0.2) is 12.1 Å². The molecule has 0 saturated carbocycles. The quantitative estimate of drug-likeness (QED) is 0.824. The first-order chi connectivity index (χ1) is 9.12. The fourth-order valence-corrected chi connectivity index (χ4v) is 1.87. The third-order valence-corrected chi connectivity index (χ3v) is 3.03. The number of amides is 1. The molecule has 1 rings (SSSR count). The topological polar surface area (TPSA) is 47.6 Å². The van der Waals surface area contributed by atoms with Gasteiger partial charge in [0.1, 0.15) is 11.5 Å². The Morgan fingerprint density at radius 3 is 2.47 bits per heavy atom. The van der Waals surface area contributed by atoms with Crippen LogP contribution >= 0.6 is 0 Å². The van der Waals surface area contributed by atoms with Crippen molar-refractivity contribution >= 4 is 5.91 Å². The molecule has 0 aliphatic heterocycles. The Morgan fingerprint density at radius 1 is 1.21 bits per heavy atom. The molecule has 0 radical (unpaired) electrons. The van der Waals surface area contributed by atoms with E-state index in [1.807, 2.05) is 19.1 Å². The molecule has 106 valence electrons. The van der Waals surface area contributed by atoms with Gasteiger partial charge in [-0.3, -0.25) is 4.79 Å². The number of ether oxygens (including phenoxy) is 2. The number of hydrogen-bond acceptors (Lipinski definition) is 3. The van der Waals surface area contributed by atoms with Crippen molar-refractivity contribution in [3.63, 3.8) is 0 Å². The Morgan fingerprint density at radius 2 is 1.89 bits per heavy atom. The Kier molecular flexibility index (Phi) is 6.19. The molecule has 0 unspecified atom stereocenters. The lowest BCUT2D eigenvalue weighted by molar-refractivity contribution is -0.121. The fourth-order valence-electron chi connectivity index (χ4n) is 1.87. The third kappa shape index (κ3) is 4.47. The molecule has 4 nitrogen and oxygen atoms in total. The van der Waals surface area contributed by atoms with E-state index in [9.17, 15) is 4.79 Å². The van der Waals surface area contributed by atoms with Gasteiger partial charge < -0.3 is 14.8 Å². The molecule has 0 aromatic heterocycles.